The van der Waals surface area contributed by atoms with Gasteiger partial charge < -0.3 is 0 Å². The van der Waals surface area contributed by atoms with Crippen LogP contribution in [0.2, 0.25) is 0 Å². The van der Waals surface area contributed by atoms with Crippen LogP contribution in [0.15, 0.2) is 77.7 Å². The van der Waals surface area contributed by atoms with Crippen LogP contribution in [0.1, 0.15) is 28.8 Å². The van der Waals surface area contributed by atoms with E-state index < -0.39 is 32.1 Å². The van der Waals surface area contributed by atoms with Gasteiger partial charge in [-0.3, -0.25) is 9.31 Å². The fourth-order valence-electron chi connectivity index (χ4n) is 4.46. The maximum atomic E-state index is 13.8. The van der Waals surface area contributed by atoms with E-state index in [9.17, 15) is 16.8 Å². The van der Waals surface area contributed by atoms with Crippen molar-refractivity contribution in [2.75, 3.05) is 15.6 Å². The number of anilines is 2. The zero-order valence-corrected chi connectivity index (χ0v) is 18.6. The summed E-state index contributed by atoms with van der Waals surface area (Å²) in [5.74, 6) is 0. The molecule has 160 valence electrons. The maximum Gasteiger partial charge on any atom is 0.264 e. The standard InChI is InChI=1S/C22H21N3O4S2/c1-15-11-13-16(14-12-15)31(28,29)25-20-10-6-4-8-18(20)21-22(25)17-7-3-5-9-19(17)24(21)23-30(2,26)27/h3-14,21-23H,1-2H3/t21-,22-/m0/s1. The Labute approximate surface area is 182 Å². The molecule has 0 aliphatic carbocycles. The van der Waals surface area contributed by atoms with E-state index in [0.29, 0.717) is 11.4 Å². The highest BCUT2D eigenvalue weighted by Gasteiger charge is 2.53. The Morgan fingerprint density at radius 3 is 1.90 bits per heavy atom. The lowest BCUT2D eigenvalue weighted by molar-refractivity contribution is 0.538. The highest BCUT2D eigenvalue weighted by Crippen LogP contribution is 2.58. The van der Waals surface area contributed by atoms with Crippen LogP contribution in [0.25, 0.3) is 0 Å². The summed E-state index contributed by atoms with van der Waals surface area (Å²) < 4.78 is 53.4. The molecule has 1 N–H and O–H groups in total. The van der Waals surface area contributed by atoms with Crippen LogP contribution in [-0.4, -0.2) is 23.1 Å². The monoisotopic (exact) mass is 455 g/mol. The van der Waals surface area contributed by atoms with Gasteiger partial charge in [-0.05, 0) is 31.2 Å². The summed E-state index contributed by atoms with van der Waals surface area (Å²) in [6.07, 6.45) is 1.09. The van der Waals surface area contributed by atoms with E-state index in [4.69, 9.17) is 0 Å². The zero-order chi connectivity index (χ0) is 22.0. The Bertz CT molecular complexity index is 1390. The molecule has 9 heteroatoms. The minimum atomic E-state index is -3.90. The number of hydrogen-bond donors (Lipinski definition) is 1. The Kier molecular flexibility index (Phi) is 4.40. The van der Waals surface area contributed by atoms with Gasteiger partial charge in [-0.2, -0.15) is 0 Å². The number of nitrogens with one attached hydrogen (secondary N) is 1. The zero-order valence-electron chi connectivity index (χ0n) is 16.9. The average Bonchev–Trinajstić information content (AvgIpc) is 3.21. The third-order valence-electron chi connectivity index (χ3n) is 5.68. The Morgan fingerprint density at radius 1 is 0.742 bits per heavy atom. The number of para-hydroxylation sites is 2. The molecule has 0 unspecified atom stereocenters. The third-order valence-corrected chi connectivity index (χ3v) is 8.02. The van der Waals surface area contributed by atoms with Gasteiger partial charge in [0.05, 0.1) is 34.6 Å². The number of aryl methyl sites for hydroxylation is 1. The lowest BCUT2D eigenvalue weighted by Crippen LogP contribution is -2.43. The summed E-state index contributed by atoms with van der Waals surface area (Å²) in [7, 11) is -7.50. The first kappa shape index (κ1) is 20.0. The SMILES string of the molecule is Cc1ccc(S(=O)(=O)N2c3ccccc3[C@H]3[C@@H]2c2ccccc2N3NS(C)(=O)=O)cc1. The molecular weight excluding hydrogens is 434 g/mol. The summed E-state index contributed by atoms with van der Waals surface area (Å²) in [6, 6.07) is 20.1. The molecule has 2 atom stereocenters. The molecule has 0 saturated heterocycles. The predicted molar refractivity (Wildman–Crippen MR) is 120 cm³/mol. The molecule has 7 nitrogen and oxygen atoms in total. The highest BCUT2D eigenvalue weighted by molar-refractivity contribution is 7.93. The van der Waals surface area contributed by atoms with E-state index >= 15 is 0 Å². The number of rotatable bonds is 4. The van der Waals surface area contributed by atoms with Crippen LogP contribution in [0.5, 0.6) is 0 Å². The minimum Gasteiger partial charge on any atom is -0.285 e. The van der Waals surface area contributed by atoms with E-state index in [1.165, 1.54) is 4.31 Å². The van der Waals surface area contributed by atoms with Gasteiger partial charge >= 0.3 is 0 Å². The molecule has 2 aliphatic heterocycles. The van der Waals surface area contributed by atoms with E-state index in [1.54, 1.807) is 47.5 Å². The van der Waals surface area contributed by atoms with Crippen molar-refractivity contribution in [2.45, 2.75) is 23.9 Å². The van der Waals surface area contributed by atoms with Crippen LogP contribution >= 0.6 is 0 Å². The summed E-state index contributed by atoms with van der Waals surface area (Å²) in [4.78, 5) is 2.78. The fraction of sp³-hybridized carbons (Fsp3) is 0.182. The lowest BCUT2D eigenvalue weighted by atomic mass is 10.0. The predicted octanol–water partition coefficient (Wildman–Crippen LogP) is 3.27. The van der Waals surface area contributed by atoms with E-state index in [0.717, 1.165) is 22.9 Å². The Balaban J connectivity index is 1.74. The molecule has 0 fully saturated rings. The maximum absolute atomic E-state index is 13.8. The molecule has 2 aliphatic rings. The van der Waals surface area contributed by atoms with E-state index in [1.807, 2.05) is 37.3 Å². The number of sulfonamides is 2. The van der Waals surface area contributed by atoms with Crippen molar-refractivity contribution in [3.8, 4) is 0 Å². The van der Waals surface area contributed by atoms with Gasteiger partial charge in [-0.15, -0.1) is 4.83 Å². The molecule has 5 rings (SSSR count). The molecule has 3 aromatic rings. The number of hydrazine groups is 1. The number of fused-ring (bicyclic) bond motifs is 5. The van der Waals surface area contributed by atoms with Crippen LogP contribution in [0.3, 0.4) is 0 Å². The first-order valence-corrected chi connectivity index (χ1v) is 13.1. The van der Waals surface area contributed by atoms with Gasteiger partial charge in [0.1, 0.15) is 0 Å². The minimum absolute atomic E-state index is 0.195. The summed E-state index contributed by atoms with van der Waals surface area (Å²) in [5.41, 5.74) is 3.65. The Morgan fingerprint density at radius 2 is 1.29 bits per heavy atom. The molecule has 31 heavy (non-hydrogen) atoms. The molecule has 0 amide bonds. The topological polar surface area (TPSA) is 86.8 Å². The van der Waals surface area contributed by atoms with Gasteiger partial charge in [0, 0.05) is 11.1 Å². The molecule has 0 radical (unpaired) electrons. The quantitative estimate of drug-likeness (QED) is 0.653. The lowest BCUT2D eigenvalue weighted by Gasteiger charge is -2.28. The smallest absolute Gasteiger partial charge is 0.264 e. The molecule has 0 aromatic heterocycles. The second kappa shape index (κ2) is 6.81. The van der Waals surface area contributed by atoms with Gasteiger partial charge in [0.15, 0.2) is 0 Å². The first-order chi connectivity index (χ1) is 14.7. The van der Waals surface area contributed by atoms with Crippen molar-refractivity contribution >= 4 is 31.4 Å². The number of hydrogen-bond acceptors (Lipinski definition) is 5. The molecule has 3 aromatic carbocycles. The molecule has 0 bridgehead atoms. The van der Waals surface area contributed by atoms with Crippen molar-refractivity contribution in [3.63, 3.8) is 0 Å². The van der Waals surface area contributed by atoms with Gasteiger partial charge in [-0.1, -0.05) is 54.1 Å². The number of nitrogens with zero attached hydrogens (tertiary/aromatic N) is 2. The first-order valence-electron chi connectivity index (χ1n) is 9.74. The summed E-state index contributed by atoms with van der Waals surface area (Å²) in [5, 5.41) is 1.57. The highest BCUT2D eigenvalue weighted by atomic mass is 32.2. The van der Waals surface area contributed by atoms with Crippen LogP contribution in [0, 0.1) is 6.92 Å². The van der Waals surface area contributed by atoms with Crippen molar-refractivity contribution in [2.24, 2.45) is 0 Å². The normalized spacial score (nSPS) is 19.8. The fourth-order valence-corrected chi connectivity index (χ4v) is 6.69. The van der Waals surface area contributed by atoms with Crippen molar-refractivity contribution in [3.05, 3.63) is 89.5 Å². The molecule has 0 spiro atoms. The van der Waals surface area contributed by atoms with Gasteiger partial charge in [-0.25, -0.2) is 16.8 Å². The van der Waals surface area contributed by atoms with Gasteiger partial charge in [0.2, 0.25) is 10.0 Å². The summed E-state index contributed by atoms with van der Waals surface area (Å²) in [6.45, 7) is 1.90. The van der Waals surface area contributed by atoms with Crippen LogP contribution in [-0.2, 0) is 20.0 Å². The van der Waals surface area contributed by atoms with E-state index in [2.05, 4.69) is 4.83 Å². The van der Waals surface area contributed by atoms with Crippen LogP contribution < -0.4 is 14.1 Å². The van der Waals surface area contributed by atoms with Crippen molar-refractivity contribution in [1.82, 2.24) is 4.83 Å². The second-order valence-electron chi connectivity index (χ2n) is 7.85. The second-order valence-corrected chi connectivity index (χ2v) is 11.4. The van der Waals surface area contributed by atoms with Gasteiger partial charge in [0.25, 0.3) is 10.0 Å². The molecule has 0 saturated carbocycles. The average molecular weight is 456 g/mol. The van der Waals surface area contributed by atoms with Crippen molar-refractivity contribution < 1.29 is 16.8 Å². The third kappa shape index (κ3) is 3.12. The number of benzene rings is 3. The van der Waals surface area contributed by atoms with E-state index in [-0.39, 0.29) is 4.90 Å². The largest absolute Gasteiger partial charge is 0.285 e. The molecular formula is C22H21N3O4S2. The summed E-state index contributed by atoms with van der Waals surface area (Å²) >= 11 is 0. The van der Waals surface area contributed by atoms with Crippen molar-refractivity contribution in [1.29, 1.82) is 0 Å². The van der Waals surface area contributed by atoms with Crippen LogP contribution in [0.4, 0.5) is 11.4 Å². The molecule has 2 heterocycles. The Hall–Kier alpha value is -2.88.